The van der Waals surface area contributed by atoms with Crippen LogP contribution < -0.4 is 5.32 Å². The third-order valence-corrected chi connectivity index (χ3v) is 2.83. The molecule has 0 rings (SSSR count). The lowest BCUT2D eigenvalue weighted by molar-refractivity contribution is 0.221. The van der Waals surface area contributed by atoms with Crippen molar-refractivity contribution in [3.8, 4) is 12.3 Å². The Morgan fingerprint density at radius 2 is 2.00 bits per heavy atom. The van der Waals surface area contributed by atoms with Crippen LogP contribution in [0, 0.1) is 12.3 Å². The minimum atomic E-state index is 0.611. The van der Waals surface area contributed by atoms with Gasteiger partial charge in [-0.25, -0.2) is 0 Å². The lowest BCUT2D eigenvalue weighted by Crippen LogP contribution is -2.34. The Morgan fingerprint density at radius 3 is 2.56 bits per heavy atom. The molecule has 2 heteroatoms. The first-order valence-electron chi connectivity index (χ1n) is 6.64. The van der Waals surface area contributed by atoms with Crippen LogP contribution in [0.5, 0.6) is 0 Å². The standard InChI is InChI=1S/C14H28N2/c1-5-10-15-11-8-9-14(4)16(12-6-2)13-7-3/h2,14-15H,5,7-13H2,1,3-4H3. The van der Waals surface area contributed by atoms with Crippen molar-refractivity contribution in [2.45, 2.75) is 52.5 Å². The zero-order valence-electron chi connectivity index (χ0n) is 11.3. The van der Waals surface area contributed by atoms with Gasteiger partial charge < -0.3 is 5.32 Å². The van der Waals surface area contributed by atoms with E-state index in [-0.39, 0.29) is 0 Å². The highest BCUT2D eigenvalue weighted by Crippen LogP contribution is 2.06. The van der Waals surface area contributed by atoms with Crippen LogP contribution in [0.1, 0.15) is 46.5 Å². The fraction of sp³-hybridized carbons (Fsp3) is 0.857. The lowest BCUT2D eigenvalue weighted by atomic mass is 10.1. The van der Waals surface area contributed by atoms with Crippen LogP contribution >= 0.6 is 0 Å². The SMILES string of the molecule is C#CCN(CCC)C(C)CCCNCCC. The Hall–Kier alpha value is -0.520. The van der Waals surface area contributed by atoms with E-state index in [9.17, 15) is 0 Å². The van der Waals surface area contributed by atoms with E-state index in [1.807, 2.05) is 0 Å². The van der Waals surface area contributed by atoms with E-state index in [0.29, 0.717) is 6.04 Å². The van der Waals surface area contributed by atoms with Crippen LogP contribution in [-0.4, -0.2) is 37.1 Å². The largest absolute Gasteiger partial charge is 0.317 e. The van der Waals surface area contributed by atoms with Gasteiger partial charge in [0.1, 0.15) is 0 Å². The Morgan fingerprint density at radius 1 is 1.25 bits per heavy atom. The highest BCUT2D eigenvalue weighted by atomic mass is 15.1. The smallest absolute Gasteiger partial charge is 0.0601 e. The first-order chi connectivity index (χ1) is 7.76. The average Bonchev–Trinajstić information content (AvgIpc) is 2.28. The van der Waals surface area contributed by atoms with Crippen LogP contribution in [0.25, 0.3) is 0 Å². The molecule has 0 fully saturated rings. The van der Waals surface area contributed by atoms with E-state index in [2.05, 4.69) is 36.9 Å². The molecule has 0 amide bonds. The molecule has 0 aliphatic carbocycles. The van der Waals surface area contributed by atoms with Gasteiger partial charge in [0.05, 0.1) is 6.54 Å². The molecule has 1 atom stereocenters. The lowest BCUT2D eigenvalue weighted by Gasteiger charge is -2.26. The van der Waals surface area contributed by atoms with Gasteiger partial charge in [0.2, 0.25) is 0 Å². The van der Waals surface area contributed by atoms with Gasteiger partial charge in [-0.1, -0.05) is 19.8 Å². The van der Waals surface area contributed by atoms with Gasteiger partial charge in [0, 0.05) is 6.04 Å². The van der Waals surface area contributed by atoms with E-state index in [1.165, 1.54) is 25.7 Å². The molecule has 0 bridgehead atoms. The van der Waals surface area contributed by atoms with Crippen molar-refractivity contribution in [2.24, 2.45) is 0 Å². The second-order valence-corrected chi connectivity index (χ2v) is 4.42. The zero-order valence-corrected chi connectivity index (χ0v) is 11.3. The van der Waals surface area contributed by atoms with Gasteiger partial charge in [-0.05, 0) is 52.2 Å². The summed E-state index contributed by atoms with van der Waals surface area (Å²) < 4.78 is 0. The minimum absolute atomic E-state index is 0.611. The fourth-order valence-corrected chi connectivity index (χ4v) is 1.87. The van der Waals surface area contributed by atoms with Crippen molar-refractivity contribution in [3.63, 3.8) is 0 Å². The Balaban J connectivity index is 3.65. The summed E-state index contributed by atoms with van der Waals surface area (Å²) >= 11 is 0. The van der Waals surface area contributed by atoms with Gasteiger partial charge >= 0.3 is 0 Å². The summed E-state index contributed by atoms with van der Waals surface area (Å²) in [4.78, 5) is 2.40. The van der Waals surface area contributed by atoms with Crippen LogP contribution in [0.3, 0.4) is 0 Å². The van der Waals surface area contributed by atoms with Crippen molar-refractivity contribution in [3.05, 3.63) is 0 Å². The summed E-state index contributed by atoms with van der Waals surface area (Å²) in [6.07, 6.45) is 10.3. The summed E-state index contributed by atoms with van der Waals surface area (Å²) in [6.45, 7) is 10.9. The molecule has 0 saturated heterocycles. The summed E-state index contributed by atoms with van der Waals surface area (Å²) in [5, 5.41) is 3.43. The maximum atomic E-state index is 5.39. The Labute approximate surface area is 102 Å². The molecule has 0 spiro atoms. The molecule has 0 heterocycles. The number of nitrogens with one attached hydrogen (secondary N) is 1. The molecule has 0 aliphatic heterocycles. The molecule has 0 aliphatic rings. The summed E-state index contributed by atoms with van der Waals surface area (Å²) in [6, 6.07) is 0.611. The fourth-order valence-electron chi connectivity index (χ4n) is 1.87. The van der Waals surface area contributed by atoms with Gasteiger partial charge in [-0.3, -0.25) is 4.90 Å². The van der Waals surface area contributed by atoms with E-state index >= 15 is 0 Å². The molecule has 0 radical (unpaired) electrons. The van der Waals surface area contributed by atoms with Gasteiger partial charge in [-0.15, -0.1) is 6.42 Å². The number of hydrogen-bond donors (Lipinski definition) is 1. The number of nitrogens with zero attached hydrogens (tertiary/aromatic N) is 1. The molecular weight excluding hydrogens is 196 g/mol. The van der Waals surface area contributed by atoms with Crippen molar-refractivity contribution in [1.29, 1.82) is 0 Å². The van der Waals surface area contributed by atoms with E-state index in [1.54, 1.807) is 0 Å². The monoisotopic (exact) mass is 224 g/mol. The van der Waals surface area contributed by atoms with Crippen LogP contribution in [0.4, 0.5) is 0 Å². The van der Waals surface area contributed by atoms with Crippen molar-refractivity contribution in [1.82, 2.24) is 10.2 Å². The maximum Gasteiger partial charge on any atom is 0.0601 e. The predicted molar refractivity (Wildman–Crippen MR) is 72.6 cm³/mol. The molecule has 16 heavy (non-hydrogen) atoms. The van der Waals surface area contributed by atoms with Gasteiger partial charge in [0.15, 0.2) is 0 Å². The average molecular weight is 224 g/mol. The van der Waals surface area contributed by atoms with Crippen molar-refractivity contribution in [2.75, 3.05) is 26.2 Å². The second kappa shape index (κ2) is 11.0. The minimum Gasteiger partial charge on any atom is -0.317 e. The van der Waals surface area contributed by atoms with Gasteiger partial charge in [-0.2, -0.15) is 0 Å². The van der Waals surface area contributed by atoms with Crippen molar-refractivity contribution >= 4 is 0 Å². The highest BCUT2D eigenvalue weighted by Gasteiger charge is 2.10. The first-order valence-corrected chi connectivity index (χ1v) is 6.64. The topological polar surface area (TPSA) is 15.3 Å². The van der Waals surface area contributed by atoms with E-state index < -0.39 is 0 Å². The van der Waals surface area contributed by atoms with Crippen LogP contribution in [0.2, 0.25) is 0 Å². The maximum absolute atomic E-state index is 5.39. The van der Waals surface area contributed by atoms with Gasteiger partial charge in [0.25, 0.3) is 0 Å². The van der Waals surface area contributed by atoms with E-state index in [0.717, 1.165) is 26.2 Å². The molecule has 0 saturated carbocycles. The van der Waals surface area contributed by atoms with Crippen LogP contribution in [-0.2, 0) is 0 Å². The highest BCUT2D eigenvalue weighted by molar-refractivity contribution is 4.89. The quantitative estimate of drug-likeness (QED) is 0.453. The predicted octanol–water partition coefficient (Wildman–Crippen LogP) is 2.50. The third kappa shape index (κ3) is 7.73. The third-order valence-electron chi connectivity index (χ3n) is 2.83. The summed E-state index contributed by atoms with van der Waals surface area (Å²) in [5.74, 6) is 2.75. The molecule has 94 valence electrons. The number of rotatable bonds is 10. The first kappa shape index (κ1) is 15.5. The second-order valence-electron chi connectivity index (χ2n) is 4.42. The van der Waals surface area contributed by atoms with Crippen LogP contribution in [0.15, 0.2) is 0 Å². The molecule has 1 unspecified atom stereocenters. The molecule has 0 aromatic heterocycles. The molecule has 1 N–H and O–H groups in total. The molecule has 0 aromatic carbocycles. The number of hydrogen-bond acceptors (Lipinski definition) is 2. The summed E-state index contributed by atoms with van der Waals surface area (Å²) in [7, 11) is 0. The summed E-state index contributed by atoms with van der Waals surface area (Å²) in [5.41, 5.74) is 0. The van der Waals surface area contributed by atoms with Crippen molar-refractivity contribution < 1.29 is 0 Å². The zero-order chi connectivity index (χ0) is 12.2. The molecular formula is C14H28N2. The Kier molecular flexibility index (Phi) is 10.6. The molecule has 0 aromatic rings. The normalized spacial score (nSPS) is 12.7. The number of terminal acetylenes is 1. The molecule has 2 nitrogen and oxygen atoms in total. The Bertz CT molecular complexity index is 184. The van der Waals surface area contributed by atoms with E-state index in [4.69, 9.17) is 6.42 Å².